The first kappa shape index (κ1) is 18.7. The van der Waals surface area contributed by atoms with E-state index < -0.39 is 12.0 Å². The molecule has 2 N–H and O–H groups in total. The Kier molecular flexibility index (Phi) is 6.50. The molecule has 0 fully saturated rings. The summed E-state index contributed by atoms with van der Waals surface area (Å²) in [6.45, 7) is 2.07. The van der Waals surface area contributed by atoms with E-state index in [-0.39, 0.29) is 0 Å². The van der Waals surface area contributed by atoms with Crippen LogP contribution in [0, 0.1) is 0 Å². The van der Waals surface area contributed by atoms with Crippen LogP contribution < -0.4 is 5.32 Å². The van der Waals surface area contributed by atoms with E-state index in [1.807, 2.05) is 12.1 Å². The first-order valence-electron chi connectivity index (χ1n) is 9.20. The Morgan fingerprint density at radius 2 is 2.00 bits per heavy atom. The lowest BCUT2D eigenvalue weighted by molar-refractivity contribution is -0.137. The van der Waals surface area contributed by atoms with Gasteiger partial charge < -0.3 is 10.4 Å². The van der Waals surface area contributed by atoms with Crippen molar-refractivity contribution in [2.45, 2.75) is 45.1 Å². The lowest BCUT2D eigenvalue weighted by Gasteiger charge is -2.16. The molecule has 0 saturated heterocycles. The Bertz CT molecular complexity index is 749. The van der Waals surface area contributed by atoms with Gasteiger partial charge in [0.1, 0.15) is 11.9 Å². The Hall–Kier alpha value is -2.08. The highest BCUT2D eigenvalue weighted by Gasteiger charge is 2.17. The quantitative estimate of drug-likeness (QED) is 0.683. The normalized spacial score (nSPS) is 14.5. The highest BCUT2D eigenvalue weighted by Crippen LogP contribution is 2.26. The fourth-order valence-electron chi connectivity index (χ4n) is 3.24. The molecular weight excluding hydrogens is 346 g/mol. The first-order chi connectivity index (χ1) is 12.7. The van der Waals surface area contributed by atoms with E-state index in [1.165, 1.54) is 24.0 Å². The summed E-state index contributed by atoms with van der Waals surface area (Å²) in [5.74, 6) is 1.44. The van der Waals surface area contributed by atoms with Crippen LogP contribution in [0.3, 0.4) is 0 Å². The van der Waals surface area contributed by atoms with Crippen LogP contribution in [0.2, 0.25) is 0 Å². The van der Waals surface area contributed by atoms with Crippen molar-refractivity contribution < 1.29 is 9.90 Å². The smallest absolute Gasteiger partial charge is 0.326 e. The number of carboxylic acid groups (broad SMARTS) is 1. The number of hydrogen-bond donors (Lipinski definition) is 2. The van der Waals surface area contributed by atoms with Gasteiger partial charge in [-0.1, -0.05) is 19.1 Å². The molecule has 3 rings (SSSR count). The van der Waals surface area contributed by atoms with Crippen LogP contribution in [0.5, 0.6) is 0 Å². The fraction of sp³-hybridized carbons (Fsp3) is 0.450. The number of nitrogens with zero attached hydrogens (tertiary/aromatic N) is 2. The van der Waals surface area contributed by atoms with E-state index in [4.69, 9.17) is 0 Å². The number of carboxylic acids is 1. The summed E-state index contributed by atoms with van der Waals surface area (Å²) in [6.07, 6.45) is 5.37. The topological polar surface area (TPSA) is 75.1 Å². The highest BCUT2D eigenvalue weighted by atomic mass is 32.2. The summed E-state index contributed by atoms with van der Waals surface area (Å²) in [7, 11) is 0. The van der Waals surface area contributed by atoms with Crippen LogP contribution in [0.15, 0.2) is 30.3 Å². The number of thioether (sulfide) groups is 1. The van der Waals surface area contributed by atoms with Crippen LogP contribution in [0.25, 0.3) is 11.3 Å². The maximum atomic E-state index is 11.4. The number of fused-ring (bicyclic) bond motifs is 1. The second kappa shape index (κ2) is 9.03. The molecular formula is C20H25N3O2S. The van der Waals surface area contributed by atoms with E-state index >= 15 is 0 Å². The average Bonchev–Trinajstić information content (AvgIpc) is 2.67. The summed E-state index contributed by atoms with van der Waals surface area (Å²) in [5, 5.41) is 20.8. The summed E-state index contributed by atoms with van der Waals surface area (Å²) < 4.78 is 0. The molecule has 5 nitrogen and oxygen atoms in total. The minimum atomic E-state index is -0.859. The monoisotopic (exact) mass is 371 g/mol. The zero-order valence-corrected chi connectivity index (χ0v) is 15.9. The van der Waals surface area contributed by atoms with E-state index in [0.29, 0.717) is 12.2 Å². The zero-order chi connectivity index (χ0) is 18.4. The number of carbonyl (C=O) groups is 1. The van der Waals surface area contributed by atoms with Crippen molar-refractivity contribution in [2.75, 3.05) is 16.8 Å². The third-order valence-electron chi connectivity index (χ3n) is 4.68. The van der Waals surface area contributed by atoms with Crippen molar-refractivity contribution in [3.8, 4) is 11.3 Å². The molecule has 0 bridgehead atoms. The molecule has 1 aromatic heterocycles. The van der Waals surface area contributed by atoms with E-state index in [1.54, 1.807) is 11.8 Å². The van der Waals surface area contributed by atoms with Gasteiger partial charge in [0, 0.05) is 5.56 Å². The summed E-state index contributed by atoms with van der Waals surface area (Å²) in [6, 6.07) is 9.59. The van der Waals surface area contributed by atoms with Crippen molar-refractivity contribution in [3.05, 3.63) is 41.5 Å². The molecule has 6 heteroatoms. The molecule has 0 saturated carbocycles. The Balaban J connectivity index is 1.68. The second-order valence-corrected chi connectivity index (χ2v) is 7.91. The standard InChI is InChI=1S/C20H25N3O2S/c1-2-26-12-11-18(20(24)25)21-19-10-9-17(22-23-19)16-8-7-14-5-3-4-6-15(14)13-16/h7-10,13,18H,2-6,11-12H2,1H3,(H,21,23)(H,24,25). The lowest BCUT2D eigenvalue weighted by Crippen LogP contribution is -2.30. The molecule has 0 aliphatic heterocycles. The van der Waals surface area contributed by atoms with Crippen molar-refractivity contribution >= 4 is 23.5 Å². The van der Waals surface area contributed by atoms with Gasteiger partial charge in [-0.15, -0.1) is 10.2 Å². The number of nitrogens with one attached hydrogen (secondary N) is 1. The molecule has 138 valence electrons. The molecule has 1 unspecified atom stereocenters. The zero-order valence-electron chi connectivity index (χ0n) is 15.1. The number of aryl methyl sites for hydroxylation is 2. The SMILES string of the molecule is CCSCCC(Nc1ccc(-c2ccc3c(c2)CCCC3)nn1)C(=O)O. The van der Waals surface area contributed by atoms with E-state index in [0.717, 1.165) is 35.6 Å². The van der Waals surface area contributed by atoms with Crippen LogP contribution in [0.4, 0.5) is 5.82 Å². The van der Waals surface area contributed by atoms with Crippen LogP contribution >= 0.6 is 11.8 Å². The van der Waals surface area contributed by atoms with Gasteiger partial charge in [-0.25, -0.2) is 4.79 Å². The van der Waals surface area contributed by atoms with Crippen molar-refractivity contribution in [3.63, 3.8) is 0 Å². The number of anilines is 1. The van der Waals surface area contributed by atoms with Gasteiger partial charge in [-0.3, -0.25) is 0 Å². The Morgan fingerprint density at radius 3 is 2.69 bits per heavy atom. The third kappa shape index (κ3) is 4.75. The summed E-state index contributed by atoms with van der Waals surface area (Å²) in [5.41, 5.74) is 4.74. The largest absolute Gasteiger partial charge is 0.480 e. The molecule has 1 aliphatic rings. The minimum Gasteiger partial charge on any atom is -0.480 e. The highest BCUT2D eigenvalue weighted by molar-refractivity contribution is 7.99. The first-order valence-corrected chi connectivity index (χ1v) is 10.4. The molecule has 1 aromatic carbocycles. The molecule has 0 radical (unpaired) electrons. The van der Waals surface area contributed by atoms with Gasteiger partial charge >= 0.3 is 5.97 Å². The van der Waals surface area contributed by atoms with Gasteiger partial charge in [-0.05, 0) is 72.9 Å². The van der Waals surface area contributed by atoms with Gasteiger partial charge in [0.05, 0.1) is 5.69 Å². The average molecular weight is 372 g/mol. The molecule has 1 heterocycles. The number of benzene rings is 1. The maximum absolute atomic E-state index is 11.4. The third-order valence-corrected chi connectivity index (χ3v) is 5.62. The maximum Gasteiger partial charge on any atom is 0.326 e. The van der Waals surface area contributed by atoms with Gasteiger partial charge in [0.15, 0.2) is 0 Å². The van der Waals surface area contributed by atoms with Crippen molar-refractivity contribution in [1.29, 1.82) is 0 Å². The van der Waals surface area contributed by atoms with Crippen molar-refractivity contribution in [2.24, 2.45) is 0 Å². The van der Waals surface area contributed by atoms with Crippen LogP contribution in [0.1, 0.15) is 37.3 Å². The predicted molar refractivity (Wildman–Crippen MR) is 107 cm³/mol. The summed E-state index contributed by atoms with van der Waals surface area (Å²) >= 11 is 1.74. The van der Waals surface area contributed by atoms with E-state index in [2.05, 4.69) is 40.6 Å². The lowest BCUT2D eigenvalue weighted by atomic mass is 9.90. The molecule has 0 amide bonds. The number of hydrogen-bond acceptors (Lipinski definition) is 5. The van der Waals surface area contributed by atoms with Gasteiger partial charge in [-0.2, -0.15) is 11.8 Å². The van der Waals surface area contributed by atoms with Crippen LogP contribution in [-0.2, 0) is 17.6 Å². The summed E-state index contributed by atoms with van der Waals surface area (Å²) in [4.78, 5) is 11.4. The molecule has 1 aliphatic carbocycles. The minimum absolute atomic E-state index is 0.501. The van der Waals surface area contributed by atoms with Gasteiger partial charge in [0.2, 0.25) is 0 Å². The Morgan fingerprint density at radius 1 is 1.19 bits per heavy atom. The number of aromatic nitrogens is 2. The van der Waals surface area contributed by atoms with Gasteiger partial charge in [0.25, 0.3) is 0 Å². The molecule has 26 heavy (non-hydrogen) atoms. The molecule has 1 atom stereocenters. The van der Waals surface area contributed by atoms with Crippen molar-refractivity contribution in [1.82, 2.24) is 10.2 Å². The van der Waals surface area contributed by atoms with Crippen LogP contribution in [-0.4, -0.2) is 38.8 Å². The number of rotatable bonds is 8. The van der Waals surface area contributed by atoms with E-state index in [9.17, 15) is 9.90 Å². The molecule has 2 aromatic rings. The Labute approximate surface area is 158 Å². The second-order valence-electron chi connectivity index (χ2n) is 6.52. The molecule has 0 spiro atoms. The fourth-order valence-corrected chi connectivity index (χ4v) is 3.93. The number of aliphatic carboxylic acids is 1. The predicted octanol–water partition coefficient (Wildman–Crippen LogP) is 4.03.